The van der Waals surface area contributed by atoms with Crippen molar-refractivity contribution in [1.29, 1.82) is 0 Å². The van der Waals surface area contributed by atoms with Gasteiger partial charge in [0.25, 0.3) is 0 Å². The van der Waals surface area contributed by atoms with Gasteiger partial charge < -0.3 is 24.6 Å². The maximum absolute atomic E-state index is 14.7. The van der Waals surface area contributed by atoms with E-state index in [0.717, 1.165) is 42.4 Å². The highest BCUT2D eigenvalue weighted by Crippen LogP contribution is 2.46. The zero-order chi connectivity index (χ0) is 25.4. The first-order chi connectivity index (χ1) is 17.2. The Labute approximate surface area is 208 Å². The topological polar surface area (TPSA) is 95.4 Å². The summed E-state index contributed by atoms with van der Waals surface area (Å²) >= 11 is 0. The van der Waals surface area contributed by atoms with Crippen molar-refractivity contribution < 1.29 is 28.9 Å². The molecule has 0 spiro atoms. The second-order valence-electron chi connectivity index (χ2n) is 10.5. The third kappa shape index (κ3) is 3.44. The lowest BCUT2D eigenvalue weighted by atomic mass is 9.85. The summed E-state index contributed by atoms with van der Waals surface area (Å²) in [6.07, 6.45) is 2.89. The number of methoxy groups -OCH3 is 1. The summed E-state index contributed by atoms with van der Waals surface area (Å²) in [7, 11) is 1.45. The first kappa shape index (κ1) is 23.4. The third-order valence-electron chi connectivity index (χ3n) is 8.13. The van der Waals surface area contributed by atoms with E-state index in [1.165, 1.54) is 20.1 Å². The molecule has 2 aromatic rings. The predicted molar refractivity (Wildman–Crippen MR) is 130 cm³/mol. The van der Waals surface area contributed by atoms with Crippen molar-refractivity contribution >= 4 is 22.6 Å². The molecule has 2 N–H and O–H groups in total. The van der Waals surface area contributed by atoms with Crippen LogP contribution in [0, 0.1) is 11.7 Å². The van der Waals surface area contributed by atoms with E-state index in [9.17, 15) is 19.4 Å². The zero-order valence-corrected chi connectivity index (χ0v) is 20.7. The maximum atomic E-state index is 14.7. The van der Waals surface area contributed by atoms with Crippen molar-refractivity contribution in [2.45, 2.75) is 51.6 Å². The van der Waals surface area contributed by atoms with Gasteiger partial charge in [-0.05, 0) is 56.5 Å². The van der Waals surface area contributed by atoms with Gasteiger partial charge >= 0.3 is 5.97 Å². The molecule has 8 nitrogen and oxygen atoms in total. The number of benzene rings is 1. The average Bonchev–Trinajstić information content (AvgIpc) is 3.22. The Kier molecular flexibility index (Phi) is 5.37. The Morgan fingerprint density at radius 2 is 2.06 bits per heavy atom. The number of aliphatic hydroxyl groups is 2. The Morgan fingerprint density at radius 1 is 1.31 bits per heavy atom. The van der Waals surface area contributed by atoms with Crippen molar-refractivity contribution in [3.05, 3.63) is 52.0 Å². The van der Waals surface area contributed by atoms with E-state index in [2.05, 4.69) is 11.8 Å². The number of likely N-dealkylation sites (tertiary alicyclic amines) is 1. The molecule has 6 rings (SSSR count). The number of nitrogens with zero attached hydrogens (tertiary/aromatic N) is 3. The van der Waals surface area contributed by atoms with E-state index in [0.29, 0.717) is 47.1 Å². The highest BCUT2D eigenvalue weighted by atomic mass is 19.1. The fourth-order valence-electron chi connectivity index (χ4n) is 5.85. The van der Waals surface area contributed by atoms with Gasteiger partial charge in [0.15, 0.2) is 23.4 Å². The van der Waals surface area contributed by atoms with Crippen LogP contribution < -0.4 is 4.74 Å². The lowest BCUT2D eigenvalue weighted by molar-refractivity contribution is -0.162. The molecule has 9 heteroatoms. The highest BCUT2D eigenvalue weighted by molar-refractivity contribution is 5.91. The summed E-state index contributed by atoms with van der Waals surface area (Å²) in [4.78, 5) is 21.3. The number of pyridine rings is 1. The Balaban J connectivity index is 1.53. The first-order valence-corrected chi connectivity index (χ1v) is 12.4. The fourth-order valence-corrected chi connectivity index (χ4v) is 5.85. The van der Waals surface area contributed by atoms with Crippen LogP contribution in [0.2, 0.25) is 0 Å². The van der Waals surface area contributed by atoms with Crippen LogP contribution in [0.5, 0.6) is 5.75 Å². The second-order valence-corrected chi connectivity index (χ2v) is 10.5. The molecule has 0 amide bonds. The summed E-state index contributed by atoms with van der Waals surface area (Å²) < 4.78 is 25.2. The van der Waals surface area contributed by atoms with Crippen LogP contribution in [-0.4, -0.2) is 69.6 Å². The lowest BCUT2D eigenvalue weighted by Crippen LogP contribution is -2.49. The summed E-state index contributed by atoms with van der Waals surface area (Å²) in [5, 5.41) is 23.0. The highest BCUT2D eigenvalue weighted by Gasteiger charge is 2.48. The fraction of sp³-hybridized carbons (Fsp3) is 0.481. The SMILES string of the molecule is COc1cc2c(CN3CCC(C)CC3)c3c(nc2cc1F)C1=CC2=C(COC(=O)C2(C)O)C(O)N1C3. The van der Waals surface area contributed by atoms with Crippen LogP contribution in [-0.2, 0) is 22.6 Å². The molecule has 0 radical (unpaired) electrons. The van der Waals surface area contributed by atoms with Gasteiger partial charge in [-0.1, -0.05) is 6.92 Å². The predicted octanol–water partition coefficient (Wildman–Crippen LogP) is 2.71. The average molecular weight is 496 g/mol. The summed E-state index contributed by atoms with van der Waals surface area (Å²) in [5.41, 5.74) is 2.64. The van der Waals surface area contributed by atoms with Crippen LogP contribution in [0.3, 0.4) is 0 Å². The summed E-state index contributed by atoms with van der Waals surface area (Å²) in [6.45, 7) is 6.59. The quantitative estimate of drug-likeness (QED) is 0.628. The molecule has 4 aliphatic rings. The minimum Gasteiger partial charge on any atom is -0.494 e. The molecule has 1 fully saturated rings. The third-order valence-corrected chi connectivity index (χ3v) is 8.13. The molecule has 4 aliphatic heterocycles. The van der Waals surface area contributed by atoms with E-state index < -0.39 is 23.6 Å². The van der Waals surface area contributed by atoms with Gasteiger partial charge in [-0.15, -0.1) is 0 Å². The van der Waals surface area contributed by atoms with E-state index in [1.807, 2.05) is 0 Å². The lowest BCUT2D eigenvalue weighted by Gasteiger charge is -2.39. The number of esters is 1. The molecule has 0 bridgehead atoms. The Hall–Kier alpha value is -3.01. The van der Waals surface area contributed by atoms with Crippen molar-refractivity contribution in [2.75, 3.05) is 26.8 Å². The second kappa shape index (κ2) is 8.26. The number of hydrogen-bond donors (Lipinski definition) is 2. The van der Waals surface area contributed by atoms with Crippen molar-refractivity contribution in [1.82, 2.24) is 14.8 Å². The smallest absolute Gasteiger partial charge is 0.342 e. The Bertz CT molecular complexity index is 1340. The number of ether oxygens (including phenoxy) is 2. The van der Waals surface area contributed by atoms with Gasteiger partial charge in [-0.3, -0.25) is 4.90 Å². The van der Waals surface area contributed by atoms with E-state index in [4.69, 9.17) is 14.5 Å². The number of piperidine rings is 1. The number of aliphatic hydroxyl groups excluding tert-OH is 1. The minimum absolute atomic E-state index is 0.0846. The molecule has 36 heavy (non-hydrogen) atoms. The molecular formula is C27H30FN3O5. The van der Waals surface area contributed by atoms with Gasteiger partial charge in [-0.2, -0.15) is 0 Å². The molecule has 1 aromatic heterocycles. The van der Waals surface area contributed by atoms with Gasteiger partial charge in [-0.25, -0.2) is 14.2 Å². The molecule has 190 valence electrons. The number of cyclic esters (lactones) is 1. The number of aromatic nitrogens is 1. The molecule has 1 saturated heterocycles. The van der Waals surface area contributed by atoms with Crippen LogP contribution in [0.25, 0.3) is 16.6 Å². The van der Waals surface area contributed by atoms with Crippen LogP contribution in [0.15, 0.2) is 29.4 Å². The van der Waals surface area contributed by atoms with E-state index in [1.54, 1.807) is 17.0 Å². The largest absolute Gasteiger partial charge is 0.494 e. The van der Waals surface area contributed by atoms with Gasteiger partial charge in [0.1, 0.15) is 6.61 Å². The number of rotatable bonds is 3. The minimum atomic E-state index is -1.87. The van der Waals surface area contributed by atoms with Gasteiger partial charge in [0.2, 0.25) is 0 Å². The first-order valence-electron chi connectivity index (χ1n) is 12.4. The number of carbonyl (C=O) groups excluding carboxylic acids is 1. The molecule has 0 aliphatic carbocycles. The molecule has 5 heterocycles. The number of hydrogen-bond acceptors (Lipinski definition) is 8. The van der Waals surface area contributed by atoms with E-state index in [-0.39, 0.29) is 12.4 Å². The van der Waals surface area contributed by atoms with Crippen molar-refractivity contribution in [2.24, 2.45) is 5.92 Å². The molecular weight excluding hydrogens is 465 g/mol. The number of fused-ring (bicyclic) bond motifs is 4. The van der Waals surface area contributed by atoms with Crippen molar-refractivity contribution in [3.63, 3.8) is 0 Å². The molecule has 0 saturated carbocycles. The zero-order valence-electron chi connectivity index (χ0n) is 20.7. The summed E-state index contributed by atoms with van der Waals surface area (Å²) in [6, 6.07) is 3.10. The van der Waals surface area contributed by atoms with Crippen LogP contribution >= 0.6 is 0 Å². The number of carbonyl (C=O) groups is 1. The number of halogens is 1. The van der Waals surface area contributed by atoms with Crippen molar-refractivity contribution in [3.8, 4) is 5.75 Å². The Morgan fingerprint density at radius 3 is 2.78 bits per heavy atom. The monoisotopic (exact) mass is 495 g/mol. The maximum Gasteiger partial charge on any atom is 0.342 e. The van der Waals surface area contributed by atoms with E-state index >= 15 is 0 Å². The van der Waals surface area contributed by atoms with Gasteiger partial charge in [0.05, 0.1) is 24.0 Å². The summed E-state index contributed by atoms with van der Waals surface area (Å²) in [5.74, 6) is -0.389. The van der Waals surface area contributed by atoms with Crippen LogP contribution in [0.1, 0.15) is 43.5 Å². The standard InChI is InChI=1S/C27H30FN3O5/c1-14-4-6-30(7-5-14)11-16-15-8-23(35-3)20(28)10-21(15)29-24-17(16)12-31-22(24)9-19-18(25(31)32)13-36-26(33)27(19,2)34/h8-10,14,25,32,34H,4-7,11-13H2,1-3H3. The van der Waals surface area contributed by atoms with Crippen LogP contribution in [0.4, 0.5) is 4.39 Å². The van der Waals surface area contributed by atoms with Gasteiger partial charge in [0, 0.05) is 41.3 Å². The molecule has 2 atom stereocenters. The molecule has 2 unspecified atom stereocenters. The molecule has 1 aromatic carbocycles. The normalized spacial score (nSPS) is 26.5.